The molecule has 7 heteroatoms. The van der Waals surface area contributed by atoms with E-state index in [0.29, 0.717) is 5.39 Å². The summed E-state index contributed by atoms with van der Waals surface area (Å²) in [6, 6.07) is 10.6. The number of thiophene rings is 1. The van der Waals surface area contributed by atoms with Gasteiger partial charge in [-0.05, 0) is 68.7 Å². The van der Waals surface area contributed by atoms with Crippen LogP contribution in [0, 0.1) is 6.92 Å². The summed E-state index contributed by atoms with van der Waals surface area (Å²) in [4.78, 5) is 28.1. The molecule has 0 aliphatic heterocycles. The van der Waals surface area contributed by atoms with Crippen molar-refractivity contribution in [3.05, 3.63) is 62.6 Å². The fourth-order valence-electron chi connectivity index (χ4n) is 5.40. The number of benzene rings is 2. The second kappa shape index (κ2) is 9.28. The summed E-state index contributed by atoms with van der Waals surface area (Å²) in [6.45, 7) is 7.61. The lowest BCUT2D eigenvalue weighted by atomic mass is 9.90. The molecule has 5 rings (SSSR count). The van der Waals surface area contributed by atoms with Gasteiger partial charge in [-0.25, -0.2) is 4.79 Å². The lowest BCUT2D eigenvalue weighted by Gasteiger charge is -2.25. The maximum absolute atomic E-state index is 12.7. The lowest BCUT2D eigenvalue weighted by Crippen LogP contribution is -2.40. The number of H-pyrrole nitrogens is 1. The molecule has 1 fully saturated rings. The molecule has 0 radical (unpaired) electrons. The van der Waals surface area contributed by atoms with Crippen molar-refractivity contribution in [3.8, 4) is 16.9 Å². The number of aryl methyl sites for hydroxylation is 1. The molecule has 4 aromatic rings. The minimum absolute atomic E-state index is 0.0518. The Morgan fingerprint density at radius 1 is 1.11 bits per heavy atom. The van der Waals surface area contributed by atoms with E-state index >= 15 is 0 Å². The Kier molecular flexibility index (Phi) is 6.29. The molecule has 2 heterocycles. The number of methoxy groups -OCH3 is 1. The summed E-state index contributed by atoms with van der Waals surface area (Å²) < 4.78 is 11.3. The fourth-order valence-corrected chi connectivity index (χ4v) is 6.22. The molecule has 2 atom stereocenters. The van der Waals surface area contributed by atoms with E-state index in [-0.39, 0.29) is 23.6 Å². The molecule has 1 amide bonds. The molecule has 1 aliphatic carbocycles. The number of amides is 1. The molecular formula is C29H32N2O4S. The largest absolute Gasteiger partial charge is 0.496 e. The molecular weight excluding hydrogens is 472 g/mol. The highest BCUT2D eigenvalue weighted by Crippen LogP contribution is 2.42. The first-order valence-electron chi connectivity index (χ1n) is 12.4. The van der Waals surface area contributed by atoms with E-state index in [9.17, 15) is 9.59 Å². The van der Waals surface area contributed by atoms with E-state index in [1.165, 1.54) is 16.9 Å². The first kappa shape index (κ1) is 24.4. The molecule has 188 valence electrons. The molecule has 1 saturated carbocycles. The van der Waals surface area contributed by atoms with Crippen molar-refractivity contribution >= 4 is 39.1 Å². The topological polar surface area (TPSA) is 80.4 Å². The average molecular weight is 505 g/mol. The number of aromatic nitrogens is 1. The molecule has 2 aromatic heterocycles. The van der Waals surface area contributed by atoms with Crippen LogP contribution in [-0.2, 0) is 4.74 Å². The number of aromatic amines is 1. The van der Waals surface area contributed by atoms with Gasteiger partial charge in [0, 0.05) is 33.7 Å². The summed E-state index contributed by atoms with van der Waals surface area (Å²) in [7, 11) is 1.68. The van der Waals surface area contributed by atoms with Gasteiger partial charge in [0.15, 0.2) is 0 Å². The Morgan fingerprint density at radius 3 is 2.53 bits per heavy atom. The van der Waals surface area contributed by atoms with E-state index < -0.39 is 5.60 Å². The number of alkyl carbamates (subject to hydrolysis) is 1. The number of hydrogen-bond donors (Lipinski definition) is 2. The standard InChI is InChI=1S/C29H32N2O4S/c1-16-13-23(34-5)24(25-20-14-36-15-21(20)27(32)31-26(16)25)18-11-9-17(10-12-18)19-7-6-8-22(19)30-28(33)35-29(2,3)4/h9-15,19,22H,6-8H2,1-5H3,(H,30,33)(H,31,32). The van der Waals surface area contributed by atoms with Crippen LogP contribution in [0.4, 0.5) is 4.79 Å². The van der Waals surface area contributed by atoms with Crippen LogP contribution in [0.1, 0.15) is 57.1 Å². The molecule has 0 saturated heterocycles. The van der Waals surface area contributed by atoms with Gasteiger partial charge in [0.05, 0.1) is 18.0 Å². The van der Waals surface area contributed by atoms with Crippen molar-refractivity contribution in [2.45, 2.75) is 64.5 Å². The number of carbonyl (C=O) groups excluding carboxylic acids is 1. The van der Waals surface area contributed by atoms with Crippen molar-refractivity contribution in [3.63, 3.8) is 0 Å². The molecule has 36 heavy (non-hydrogen) atoms. The number of nitrogens with one attached hydrogen (secondary N) is 2. The number of fused-ring (bicyclic) bond motifs is 3. The van der Waals surface area contributed by atoms with Gasteiger partial charge >= 0.3 is 6.09 Å². The smallest absolute Gasteiger partial charge is 0.407 e. The molecule has 1 aliphatic rings. The Hall–Kier alpha value is -3.32. The first-order chi connectivity index (χ1) is 17.2. The molecule has 2 aromatic carbocycles. The zero-order chi connectivity index (χ0) is 25.6. The third-order valence-electron chi connectivity index (χ3n) is 6.97. The van der Waals surface area contributed by atoms with Gasteiger partial charge in [0.2, 0.25) is 0 Å². The number of pyridine rings is 1. The van der Waals surface area contributed by atoms with Gasteiger partial charge in [-0.2, -0.15) is 11.3 Å². The van der Waals surface area contributed by atoms with Crippen LogP contribution in [0.5, 0.6) is 5.75 Å². The van der Waals surface area contributed by atoms with Gasteiger partial charge in [0.25, 0.3) is 5.56 Å². The van der Waals surface area contributed by atoms with Crippen molar-refractivity contribution in [1.82, 2.24) is 10.3 Å². The fraction of sp³-hybridized carbons (Fsp3) is 0.379. The quantitative estimate of drug-likeness (QED) is 0.317. The second-order valence-electron chi connectivity index (χ2n) is 10.6. The predicted molar refractivity (Wildman–Crippen MR) is 146 cm³/mol. The predicted octanol–water partition coefficient (Wildman–Crippen LogP) is 6.89. The molecule has 2 unspecified atom stereocenters. The lowest BCUT2D eigenvalue weighted by molar-refractivity contribution is 0.0501. The summed E-state index contributed by atoms with van der Waals surface area (Å²) in [5, 5.41) is 9.66. The van der Waals surface area contributed by atoms with E-state index in [4.69, 9.17) is 9.47 Å². The van der Waals surface area contributed by atoms with E-state index in [2.05, 4.69) is 34.6 Å². The summed E-state index contributed by atoms with van der Waals surface area (Å²) in [5.41, 5.74) is 4.40. The number of rotatable bonds is 4. The van der Waals surface area contributed by atoms with Gasteiger partial charge in [0.1, 0.15) is 11.4 Å². The van der Waals surface area contributed by atoms with Crippen molar-refractivity contribution in [2.24, 2.45) is 0 Å². The monoisotopic (exact) mass is 504 g/mol. The van der Waals surface area contributed by atoms with Gasteiger partial charge < -0.3 is 19.8 Å². The van der Waals surface area contributed by atoms with Crippen LogP contribution >= 0.6 is 11.3 Å². The average Bonchev–Trinajstić information content (AvgIpc) is 3.49. The Balaban J connectivity index is 1.53. The van der Waals surface area contributed by atoms with Crippen molar-refractivity contribution in [2.75, 3.05) is 7.11 Å². The van der Waals surface area contributed by atoms with Crippen LogP contribution < -0.4 is 15.6 Å². The normalized spacial score (nSPS) is 18.0. The van der Waals surface area contributed by atoms with Gasteiger partial charge in [-0.3, -0.25) is 4.79 Å². The summed E-state index contributed by atoms with van der Waals surface area (Å²) in [5.74, 6) is 1.01. The molecule has 0 spiro atoms. The van der Waals surface area contributed by atoms with E-state index in [1.807, 2.05) is 44.5 Å². The second-order valence-corrected chi connectivity index (χ2v) is 11.3. The maximum atomic E-state index is 12.7. The van der Waals surface area contributed by atoms with Crippen molar-refractivity contribution in [1.29, 1.82) is 0 Å². The van der Waals surface area contributed by atoms with Crippen molar-refractivity contribution < 1.29 is 14.3 Å². The Labute approximate surface area is 214 Å². The molecule has 0 bridgehead atoms. The van der Waals surface area contributed by atoms with E-state index in [1.54, 1.807) is 7.11 Å². The van der Waals surface area contributed by atoms with Crippen LogP contribution in [0.25, 0.3) is 32.8 Å². The van der Waals surface area contributed by atoms with Crippen LogP contribution in [0.3, 0.4) is 0 Å². The minimum atomic E-state index is -0.520. The van der Waals surface area contributed by atoms with Crippen LogP contribution in [0.15, 0.2) is 45.9 Å². The van der Waals surface area contributed by atoms with Gasteiger partial charge in [-0.1, -0.05) is 30.7 Å². The number of ether oxygens (including phenoxy) is 2. The maximum Gasteiger partial charge on any atom is 0.407 e. The third kappa shape index (κ3) is 4.48. The zero-order valence-electron chi connectivity index (χ0n) is 21.4. The molecule has 6 nitrogen and oxygen atoms in total. The minimum Gasteiger partial charge on any atom is -0.496 e. The van der Waals surface area contributed by atoms with Gasteiger partial charge in [-0.15, -0.1) is 0 Å². The summed E-state index contributed by atoms with van der Waals surface area (Å²) in [6.07, 6.45) is 2.66. The Morgan fingerprint density at radius 2 is 1.83 bits per heavy atom. The van der Waals surface area contributed by atoms with Crippen LogP contribution in [-0.4, -0.2) is 29.8 Å². The SMILES string of the molecule is COc1cc(C)c2[nH]c(=O)c3cscc3c2c1-c1ccc(C2CCCC2NC(=O)OC(C)(C)C)cc1. The highest BCUT2D eigenvalue weighted by molar-refractivity contribution is 7.09. The highest BCUT2D eigenvalue weighted by atomic mass is 32.1. The first-order valence-corrected chi connectivity index (χ1v) is 13.3. The van der Waals surface area contributed by atoms with Crippen LogP contribution in [0.2, 0.25) is 0 Å². The number of carbonyl (C=O) groups is 1. The highest BCUT2D eigenvalue weighted by Gasteiger charge is 2.31. The summed E-state index contributed by atoms with van der Waals surface area (Å²) >= 11 is 1.53. The molecule has 2 N–H and O–H groups in total. The third-order valence-corrected chi connectivity index (χ3v) is 7.71. The Bertz CT molecular complexity index is 1490. The zero-order valence-corrected chi connectivity index (χ0v) is 22.2. The number of hydrogen-bond acceptors (Lipinski definition) is 5. The van der Waals surface area contributed by atoms with E-state index in [0.717, 1.165) is 58.0 Å².